The summed E-state index contributed by atoms with van der Waals surface area (Å²) in [7, 11) is 0. The van der Waals surface area contributed by atoms with Crippen LogP contribution in [0.2, 0.25) is 10.0 Å². The van der Waals surface area contributed by atoms with Crippen LogP contribution in [0.4, 0.5) is 27.7 Å². The molecule has 1 atom stereocenters. The van der Waals surface area contributed by atoms with Crippen LogP contribution in [-0.2, 0) is 4.79 Å². The van der Waals surface area contributed by atoms with Gasteiger partial charge in [-0.15, -0.1) is 0 Å². The summed E-state index contributed by atoms with van der Waals surface area (Å²) in [5.74, 6) is -0.131. The zero-order valence-corrected chi connectivity index (χ0v) is 23.9. The molecule has 0 bridgehead atoms. The van der Waals surface area contributed by atoms with Gasteiger partial charge in [0.05, 0.1) is 16.9 Å². The lowest BCUT2D eigenvalue weighted by molar-refractivity contribution is -0.122. The lowest BCUT2D eigenvalue weighted by Gasteiger charge is -2.34. The Bertz CT molecular complexity index is 1530. The second-order valence-corrected chi connectivity index (χ2v) is 11.6. The molecule has 214 valence electrons. The van der Waals surface area contributed by atoms with Crippen molar-refractivity contribution in [2.45, 2.75) is 50.6 Å². The Morgan fingerprint density at radius 3 is 2.56 bits per heavy atom. The topological polar surface area (TPSA) is 114 Å². The number of nitrogens with two attached hydrogens (primary N) is 1. The van der Waals surface area contributed by atoms with Crippen molar-refractivity contribution < 1.29 is 9.18 Å². The van der Waals surface area contributed by atoms with E-state index in [9.17, 15) is 9.18 Å². The number of rotatable bonds is 7. The molecule has 9 nitrogen and oxygen atoms in total. The number of nitrogens with zero attached hydrogens (tertiary/aromatic N) is 5. The molecule has 4 N–H and O–H groups in total. The molecule has 1 aliphatic carbocycles. The molecule has 6 rings (SSSR count). The number of hydrogen-bond acceptors (Lipinski definition) is 7. The number of hydrogen-bond donors (Lipinski definition) is 3. The first-order valence-corrected chi connectivity index (χ1v) is 14.6. The second-order valence-electron chi connectivity index (χ2n) is 10.8. The SMILES string of the molecule is NC(=O)[C@H]1CC[C@H](n2c(Nc3c(F)cc(Cl)cc3Cl)nc3cnc(N[C@@H]4CCCN(c5ccccc5)C4)nc32)CC1. The quantitative estimate of drug-likeness (QED) is 0.229. The number of carbonyl (C=O) groups excluding carboxylic acids is 1. The van der Waals surface area contributed by atoms with Crippen LogP contribution < -0.4 is 21.3 Å². The summed E-state index contributed by atoms with van der Waals surface area (Å²) in [4.78, 5) is 28.4. The third kappa shape index (κ3) is 5.90. The third-order valence-electron chi connectivity index (χ3n) is 8.02. The van der Waals surface area contributed by atoms with Crippen LogP contribution in [-0.4, -0.2) is 44.6 Å². The number of amides is 1. The smallest absolute Gasteiger partial charge is 0.225 e. The van der Waals surface area contributed by atoms with Crippen LogP contribution in [0.5, 0.6) is 0 Å². The number of nitrogens with one attached hydrogen (secondary N) is 2. The van der Waals surface area contributed by atoms with Crippen molar-refractivity contribution in [2.75, 3.05) is 28.6 Å². The number of primary amides is 1. The molecular formula is C29H31Cl2FN8O. The Kier molecular flexibility index (Phi) is 7.86. The number of benzene rings is 2. The summed E-state index contributed by atoms with van der Waals surface area (Å²) in [6.07, 6.45) is 6.45. The average Bonchev–Trinajstić information content (AvgIpc) is 3.33. The van der Waals surface area contributed by atoms with Crippen molar-refractivity contribution >= 4 is 63.5 Å². The van der Waals surface area contributed by atoms with Gasteiger partial charge in [-0.2, -0.15) is 4.98 Å². The van der Waals surface area contributed by atoms with Gasteiger partial charge >= 0.3 is 0 Å². The van der Waals surface area contributed by atoms with Gasteiger partial charge in [0, 0.05) is 41.8 Å². The van der Waals surface area contributed by atoms with Gasteiger partial charge in [0.25, 0.3) is 0 Å². The number of halogens is 3. The third-order valence-corrected chi connectivity index (χ3v) is 8.53. The Hall–Kier alpha value is -3.63. The monoisotopic (exact) mass is 596 g/mol. The first kappa shape index (κ1) is 27.5. The van der Waals surface area contributed by atoms with Crippen LogP contribution >= 0.6 is 23.2 Å². The molecule has 4 aromatic rings. The molecule has 0 unspecified atom stereocenters. The van der Waals surface area contributed by atoms with Gasteiger partial charge in [-0.3, -0.25) is 9.36 Å². The average molecular weight is 598 g/mol. The molecule has 1 aliphatic heterocycles. The van der Waals surface area contributed by atoms with E-state index in [4.69, 9.17) is 38.9 Å². The van der Waals surface area contributed by atoms with Gasteiger partial charge in [-0.05, 0) is 62.8 Å². The van der Waals surface area contributed by atoms with Crippen LogP contribution in [0.1, 0.15) is 44.6 Å². The Balaban J connectivity index is 1.31. The minimum Gasteiger partial charge on any atom is -0.369 e. The molecule has 2 aliphatic rings. The lowest BCUT2D eigenvalue weighted by Crippen LogP contribution is -2.42. The van der Waals surface area contributed by atoms with Crippen molar-refractivity contribution in [3.05, 3.63) is 64.5 Å². The summed E-state index contributed by atoms with van der Waals surface area (Å²) < 4.78 is 16.9. The predicted molar refractivity (Wildman–Crippen MR) is 161 cm³/mol. The summed E-state index contributed by atoms with van der Waals surface area (Å²) >= 11 is 12.3. The van der Waals surface area contributed by atoms with Gasteiger partial charge in [0.15, 0.2) is 5.65 Å². The normalized spacial score (nSPS) is 21.1. The lowest BCUT2D eigenvalue weighted by atomic mass is 9.85. The molecular weight excluding hydrogens is 566 g/mol. The predicted octanol–water partition coefficient (Wildman–Crippen LogP) is 6.31. The largest absolute Gasteiger partial charge is 0.369 e. The molecule has 41 heavy (non-hydrogen) atoms. The summed E-state index contributed by atoms with van der Waals surface area (Å²) in [5, 5.41) is 6.95. The minimum atomic E-state index is -0.591. The molecule has 1 saturated heterocycles. The first-order chi connectivity index (χ1) is 19.9. The molecule has 1 amide bonds. The van der Waals surface area contributed by atoms with Gasteiger partial charge in [-0.1, -0.05) is 41.4 Å². The number of anilines is 4. The highest BCUT2D eigenvalue weighted by atomic mass is 35.5. The Morgan fingerprint density at radius 2 is 1.83 bits per heavy atom. The minimum absolute atomic E-state index is 0.0294. The van der Waals surface area contributed by atoms with Crippen LogP contribution in [0.15, 0.2) is 48.7 Å². The number of para-hydroxylation sites is 1. The maximum atomic E-state index is 14.9. The van der Waals surface area contributed by atoms with E-state index in [1.807, 2.05) is 10.6 Å². The van der Waals surface area contributed by atoms with E-state index in [1.165, 1.54) is 17.8 Å². The molecule has 12 heteroatoms. The molecule has 1 saturated carbocycles. The van der Waals surface area contributed by atoms with E-state index in [2.05, 4.69) is 44.8 Å². The van der Waals surface area contributed by atoms with E-state index in [0.717, 1.165) is 25.9 Å². The highest BCUT2D eigenvalue weighted by molar-refractivity contribution is 6.36. The van der Waals surface area contributed by atoms with E-state index in [0.29, 0.717) is 48.7 Å². The maximum absolute atomic E-state index is 14.9. The Morgan fingerprint density at radius 1 is 1.05 bits per heavy atom. The summed E-state index contributed by atoms with van der Waals surface area (Å²) in [6.45, 7) is 1.84. The van der Waals surface area contributed by atoms with Crippen molar-refractivity contribution in [3.8, 4) is 0 Å². The number of aromatic nitrogens is 4. The van der Waals surface area contributed by atoms with E-state index in [1.54, 1.807) is 6.20 Å². The molecule has 3 heterocycles. The molecule has 0 spiro atoms. The van der Waals surface area contributed by atoms with Crippen molar-refractivity contribution in [3.63, 3.8) is 0 Å². The second kappa shape index (κ2) is 11.7. The Labute approximate surface area is 247 Å². The molecule has 2 fully saturated rings. The van der Waals surface area contributed by atoms with Crippen molar-refractivity contribution in [1.82, 2.24) is 19.5 Å². The fourth-order valence-corrected chi connectivity index (χ4v) is 6.45. The number of fused-ring (bicyclic) bond motifs is 1. The maximum Gasteiger partial charge on any atom is 0.225 e. The van der Waals surface area contributed by atoms with Crippen LogP contribution in [0, 0.1) is 11.7 Å². The van der Waals surface area contributed by atoms with Crippen molar-refractivity contribution in [1.29, 1.82) is 0 Å². The van der Waals surface area contributed by atoms with Gasteiger partial charge in [-0.25, -0.2) is 14.4 Å². The van der Waals surface area contributed by atoms with E-state index >= 15 is 0 Å². The van der Waals surface area contributed by atoms with Crippen LogP contribution in [0.3, 0.4) is 0 Å². The molecule has 0 radical (unpaired) electrons. The summed E-state index contributed by atoms with van der Waals surface area (Å²) in [5.41, 5.74) is 8.04. The van der Waals surface area contributed by atoms with E-state index < -0.39 is 5.82 Å². The highest BCUT2D eigenvalue weighted by Gasteiger charge is 2.30. The standard InChI is InChI=1S/C29H31Cl2FN8O/c30-18-13-22(31)25(23(32)14-18)37-29-36-24-15-34-28(35-19-5-4-12-39(16-19)20-6-2-1-3-7-20)38-27(24)40(29)21-10-8-17(9-11-21)26(33)41/h1-3,6-7,13-15,17,19,21H,4-5,8-12,16H2,(H2,33,41)(H,36,37)(H,34,35,38)/t17-,19-,21-/m1/s1. The van der Waals surface area contributed by atoms with Crippen molar-refractivity contribution in [2.24, 2.45) is 11.7 Å². The van der Waals surface area contributed by atoms with Gasteiger partial charge < -0.3 is 21.3 Å². The van der Waals surface area contributed by atoms with Crippen LogP contribution in [0.25, 0.3) is 11.2 Å². The van der Waals surface area contributed by atoms with E-state index in [-0.39, 0.29) is 39.6 Å². The highest BCUT2D eigenvalue weighted by Crippen LogP contribution is 2.38. The van der Waals surface area contributed by atoms with Gasteiger partial charge in [0.1, 0.15) is 11.3 Å². The first-order valence-electron chi connectivity index (χ1n) is 13.9. The number of piperidine rings is 1. The molecule has 2 aromatic heterocycles. The zero-order chi connectivity index (χ0) is 28.5. The van der Waals surface area contributed by atoms with Gasteiger partial charge in [0.2, 0.25) is 17.8 Å². The number of carbonyl (C=O) groups is 1. The zero-order valence-electron chi connectivity index (χ0n) is 22.4. The number of imidazole rings is 1. The molecule has 2 aromatic carbocycles. The fourth-order valence-electron chi connectivity index (χ4n) is 5.94. The fraction of sp³-hybridized carbons (Fsp3) is 0.379. The summed E-state index contributed by atoms with van der Waals surface area (Å²) in [6, 6.07) is 13.2.